The predicted octanol–water partition coefficient (Wildman–Crippen LogP) is 4.46. The summed E-state index contributed by atoms with van der Waals surface area (Å²) in [7, 11) is 0. The van der Waals surface area contributed by atoms with Crippen LogP contribution < -0.4 is 5.32 Å². The molecule has 1 N–H and O–H groups in total. The number of aryl methyl sites for hydroxylation is 1. The maximum Gasteiger partial charge on any atom is 0.224 e. The minimum absolute atomic E-state index is 0.00104. The summed E-state index contributed by atoms with van der Waals surface area (Å²) in [6.07, 6.45) is 3.53. The molecule has 8 heteroatoms. The maximum absolute atomic E-state index is 12.6. The number of aromatic nitrogens is 4. The number of benzene rings is 2. The molecule has 0 radical (unpaired) electrons. The summed E-state index contributed by atoms with van der Waals surface area (Å²) in [5.41, 5.74) is 3.22. The molecular weight excluding hydrogens is 398 g/mol. The fourth-order valence-corrected chi connectivity index (χ4v) is 3.71. The summed E-state index contributed by atoms with van der Waals surface area (Å²) in [6.45, 7) is 4.09. The number of carbonyl (C=O) groups is 2. The summed E-state index contributed by atoms with van der Waals surface area (Å²) in [5, 5.41) is 15.3. The lowest BCUT2D eigenvalue weighted by Crippen LogP contribution is -2.11. The number of tetrazole rings is 1. The quantitative estimate of drug-likeness (QED) is 0.294. The Morgan fingerprint density at radius 1 is 1.07 bits per heavy atom. The summed E-state index contributed by atoms with van der Waals surface area (Å²) in [5.74, 6) is 0.191. The maximum atomic E-state index is 12.6. The first kappa shape index (κ1) is 21.7. The van der Waals surface area contributed by atoms with E-state index in [4.69, 9.17) is 0 Å². The number of hydrogen-bond donors (Lipinski definition) is 1. The van der Waals surface area contributed by atoms with Crippen LogP contribution in [0.5, 0.6) is 0 Å². The van der Waals surface area contributed by atoms with Gasteiger partial charge in [0.1, 0.15) is 0 Å². The summed E-state index contributed by atoms with van der Waals surface area (Å²) in [6, 6.07) is 14.8. The van der Waals surface area contributed by atoms with Gasteiger partial charge in [-0.3, -0.25) is 9.59 Å². The monoisotopic (exact) mass is 423 g/mol. The van der Waals surface area contributed by atoms with Crippen LogP contribution >= 0.6 is 11.8 Å². The Morgan fingerprint density at radius 2 is 1.83 bits per heavy atom. The van der Waals surface area contributed by atoms with E-state index in [0.717, 1.165) is 30.5 Å². The van der Waals surface area contributed by atoms with E-state index in [-0.39, 0.29) is 17.4 Å². The van der Waals surface area contributed by atoms with Crippen LogP contribution in [0.1, 0.15) is 48.5 Å². The van der Waals surface area contributed by atoms with Gasteiger partial charge in [0.25, 0.3) is 0 Å². The standard InChI is InChI=1S/C22H25N5O2S/c1-3-4-5-10-21(29)23-18-13-11-17(12-14-18)20(28)15-30-22-24-25-26-27(22)19-9-7-6-8-16(19)2/h6-9,11-14H,3-5,10,15H2,1-2H3,(H,23,29). The molecule has 0 fully saturated rings. The average Bonchev–Trinajstić information content (AvgIpc) is 3.21. The summed E-state index contributed by atoms with van der Waals surface area (Å²) < 4.78 is 1.64. The molecule has 0 saturated heterocycles. The molecule has 0 unspecified atom stereocenters. The van der Waals surface area contributed by atoms with Crippen LogP contribution in [0.25, 0.3) is 5.69 Å². The van der Waals surface area contributed by atoms with Gasteiger partial charge in [-0.2, -0.15) is 4.68 Å². The van der Waals surface area contributed by atoms with Crippen molar-refractivity contribution in [2.45, 2.75) is 44.7 Å². The Morgan fingerprint density at radius 3 is 2.57 bits per heavy atom. The molecule has 0 aliphatic carbocycles. The Hall–Kier alpha value is -3.00. The molecule has 3 aromatic rings. The number of ketones is 1. The van der Waals surface area contributed by atoms with Crippen LogP contribution in [-0.4, -0.2) is 37.7 Å². The molecule has 1 aromatic heterocycles. The first-order valence-corrected chi connectivity index (χ1v) is 11.0. The Balaban J connectivity index is 1.57. The fourth-order valence-electron chi connectivity index (χ4n) is 2.93. The second-order valence-corrected chi connectivity index (χ2v) is 7.90. The number of anilines is 1. The van der Waals surface area contributed by atoms with Crippen molar-refractivity contribution in [3.8, 4) is 5.69 Å². The number of hydrogen-bond acceptors (Lipinski definition) is 6. The van der Waals surface area contributed by atoms with Crippen LogP contribution in [0.2, 0.25) is 0 Å². The van der Waals surface area contributed by atoms with Gasteiger partial charge in [0.05, 0.1) is 11.4 Å². The van der Waals surface area contributed by atoms with Crippen molar-refractivity contribution in [3.05, 3.63) is 59.7 Å². The Kier molecular flexibility index (Phi) is 7.73. The van der Waals surface area contributed by atoms with Crippen molar-refractivity contribution in [1.82, 2.24) is 20.2 Å². The zero-order chi connectivity index (χ0) is 21.3. The molecule has 0 saturated carbocycles. The van der Waals surface area contributed by atoms with Gasteiger partial charge in [-0.25, -0.2) is 0 Å². The largest absolute Gasteiger partial charge is 0.326 e. The summed E-state index contributed by atoms with van der Waals surface area (Å²) >= 11 is 1.29. The van der Waals surface area contributed by atoms with Gasteiger partial charge >= 0.3 is 0 Å². The molecule has 3 rings (SSSR count). The SMILES string of the molecule is CCCCCC(=O)Nc1ccc(C(=O)CSc2nnnn2-c2ccccc2C)cc1. The Labute approximate surface area is 180 Å². The number of amides is 1. The molecular formula is C22H25N5O2S. The second kappa shape index (κ2) is 10.7. The number of thioether (sulfide) groups is 1. The fraction of sp³-hybridized carbons (Fsp3) is 0.318. The molecule has 1 heterocycles. The molecule has 0 atom stereocenters. The first-order chi connectivity index (χ1) is 14.6. The van der Waals surface area contributed by atoms with E-state index in [1.807, 2.05) is 31.2 Å². The lowest BCUT2D eigenvalue weighted by Gasteiger charge is -2.07. The highest BCUT2D eigenvalue weighted by molar-refractivity contribution is 7.99. The minimum atomic E-state index is -0.0276. The normalized spacial score (nSPS) is 10.7. The average molecular weight is 424 g/mol. The van der Waals surface area contributed by atoms with E-state index in [9.17, 15) is 9.59 Å². The topological polar surface area (TPSA) is 89.8 Å². The van der Waals surface area contributed by atoms with Crippen molar-refractivity contribution in [2.75, 3.05) is 11.1 Å². The van der Waals surface area contributed by atoms with Crippen molar-refractivity contribution in [3.63, 3.8) is 0 Å². The number of nitrogens with zero attached hydrogens (tertiary/aromatic N) is 4. The van der Waals surface area contributed by atoms with Crippen LogP contribution in [-0.2, 0) is 4.79 Å². The first-order valence-electron chi connectivity index (χ1n) is 9.98. The number of rotatable bonds is 10. The van der Waals surface area contributed by atoms with Gasteiger partial charge in [0, 0.05) is 17.7 Å². The third-order valence-electron chi connectivity index (χ3n) is 4.61. The van der Waals surface area contributed by atoms with Crippen LogP contribution in [0, 0.1) is 6.92 Å². The van der Waals surface area contributed by atoms with Gasteiger partial charge in [-0.05, 0) is 59.7 Å². The van der Waals surface area contributed by atoms with E-state index in [1.54, 1.807) is 28.9 Å². The third kappa shape index (κ3) is 5.76. The van der Waals surface area contributed by atoms with Crippen molar-refractivity contribution in [2.24, 2.45) is 0 Å². The van der Waals surface area contributed by atoms with Gasteiger partial charge < -0.3 is 5.32 Å². The number of para-hydroxylation sites is 1. The smallest absolute Gasteiger partial charge is 0.224 e. The lowest BCUT2D eigenvalue weighted by atomic mass is 10.1. The molecule has 30 heavy (non-hydrogen) atoms. The van der Waals surface area contributed by atoms with E-state index >= 15 is 0 Å². The van der Waals surface area contributed by atoms with E-state index in [0.29, 0.717) is 22.8 Å². The van der Waals surface area contributed by atoms with E-state index in [2.05, 4.69) is 27.8 Å². The van der Waals surface area contributed by atoms with Crippen LogP contribution in [0.4, 0.5) is 5.69 Å². The van der Waals surface area contributed by atoms with E-state index < -0.39 is 0 Å². The molecule has 156 valence electrons. The molecule has 2 aromatic carbocycles. The zero-order valence-corrected chi connectivity index (χ0v) is 18.0. The number of unbranched alkanes of at least 4 members (excludes halogenated alkanes) is 2. The zero-order valence-electron chi connectivity index (χ0n) is 17.2. The molecule has 0 bridgehead atoms. The number of Topliss-reactive ketones (excluding diaryl/α,β-unsaturated/α-hetero) is 1. The highest BCUT2D eigenvalue weighted by Gasteiger charge is 2.14. The highest BCUT2D eigenvalue weighted by atomic mass is 32.2. The second-order valence-electron chi connectivity index (χ2n) is 6.95. The molecule has 0 aliphatic heterocycles. The lowest BCUT2D eigenvalue weighted by molar-refractivity contribution is -0.116. The van der Waals surface area contributed by atoms with Crippen LogP contribution in [0.3, 0.4) is 0 Å². The molecule has 0 spiro atoms. The minimum Gasteiger partial charge on any atom is -0.326 e. The predicted molar refractivity (Wildman–Crippen MR) is 118 cm³/mol. The van der Waals surface area contributed by atoms with Gasteiger partial charge in [-0.1, -0.05) is 49.7 Å². The Bertz CT molecular complexity index is 1000. The molecule has 1 amide bonds. The summed E-state index contributed by atoms with van der Waals surface area (Å²) in [4.78, 5) is 24.5. The van der Waals surface area contributed by atoms with Crippen molar-refractivity contribution >= 4 is 29.1 Å². The number of nitrogens with one attached hydrogen (secondary N) is 1. The van der Waals surface area contributed by atoms with Crippen molar-refractivity contribution in [1.29, 1.82) is 0 Å². The molecule has 0 aliphatic rings. The highest BCUT2D eigenvalue weighted by Crippen LogP contribution is 2.22. The molecule has 7 nitrogen and oxygen atoms in total. The third-order valence-corrected chi connectivity index (χ3v) is 5.53. The van der Waals surface area contributed by atoms with Crippen molar-refractivity contribution < 1.29 is 9.59 Å². The van der Waals surface area contributed by atoms with Gasteiger partial charge in [0.2, 0.25) is 11.1 Å². The van der Waals surface area contributed by atoms with Gasteiger partial charge in [0.15, 0.2) is 5.78 Å². The van der Waals surface area contributed by atoms with Crippen LogP contribution in [0.15, 0.2) is 53.7 Å². The van der Waals surface area contributed by atoms with Gasteiger partial charge in [-0.15, -0.1) is 5.10 Å². The van der Waals surface area contributed by atoms with E-state index in [1.165, 1.54) is 11.8 Å². The number of carbonyl (C=O) groups excluding carboxylic acids is 2.